The number of amides is 1. The van der Waals surface area contributed by atoms with Crippen molar-refractivity contribution < 1.29 is 22.4 Å². The Balaban J connectivity index is 2.02. The lowest BCUT2D eigenvalue weighted by Crippen LogP contribution is -2.17. The van der Waals surface area contributed by atoms with Crippen molar-refractivity contribution in [2.75, 3.05) is 5.32 Å². The van der Waals surface area contributed by atoms with E-state index in [1.165, 1.54) is 12.1 Å². The first-order chi connectivity index (χ1) is 8.83. The zero-order valence-corrected chi connectivity index (χ0v) is 10.8. The third-order valence-corrected chi connectivity index (χ3v) is 2.46. The fourth-order valence-electron chi connectivity index (χ4n) is 1.33. The molecule has 0 radical (unpaired) electrons. The van der Waals surface area contributed by atoms with Crippen LogP contribution in [0.4, 0.5) is 18.9 Å². The van der Waals surface area contributed by atoms with Crippen LogP contribution in [0.3, 0.4) is 0 Å². The second-order valence-corrected chi connectivity index (χ2v) is 4.38. The van der Waals surface area contributed by atoms with Crippen molar-refractivity contribution in [2.24, 2.45) is 0 Å². The van der Waals surface area contributed by atoms with Gasteiger partial charge < -0.3 is 9.73 Å². The molecule has 0 bridgehead atoms. The third kappa shape index (κ3) is 3.85. The van der Waals surface area contributed by atoms with Gasteiger partial charge >= 0.3 is 6.18 Å². The van der Waals surface area contributed by atoms with Gasteiger partial charge in [0.15, 0.2) is 10.4 Å². The maximum absolute atomic E-state index is 12.1. The normalized spacial score (nSPS) is 11.6. The molecule has 1 N–H and O–H groups in total. The Morgan fingerprint density at radius 3 is 2.79 bits per heavy atom. The number of aromatic nitrogens is 2. The number of furan rings is 1. The first-order valence-corrected chi connectivity index (χ1v) is 5.79. The van der Waals surface area contributed by atoms with Crippen LogP contribution in [0.2, 0.25) is 0 Å². The topological polar surface area (TPSA) is 60.1 Å². The van der Waals surface area contributed by atoms with Gasteiger partial charge in [-0.2, -0.15) is 18.3 Å². The molecule has 0 saturated carbocycles. The highest BCUT2D eigenvalue weighted by atomic mass is 79.9. The van der Waals surface area contributed by atoms with Crippen LogP contribution < -0.4 is 5.32 Å². The smallest absolute Gasteiger partial charge is 0.408 e. The fourth-order valence-corrected chi connectivity index (χ4v) is 1.63. The SMILES string of the molecule is O=C(Nc1cnn(CC(F)(F)F)c1)c1ccc(Br)o1. The predicted molar refractivity (Wildman–Crippen MR) is 62.6 cm³/mol. The van der Waals surface area contributed by atoms with E-state index >= 15 is 0 Å². The van der Waals surface area contributed by atoms with Crippen LogP contribution in [-0.4, -0.2) is 21.9 Å². The Bertz CT molecular complexity index is 591. The standard InChI is InChI=1S/C10H7BrF3N3O2/c11-8-2-1-7(19-8)9(18)16-6-3-15-17(4-6)5-10(12,13)14/h1-4H,5H2,(H,16,18). The summed E-state index contributed by atoms with van der Waals surface area (Å²) in [7, 11) is 0. The summed E-state index contributed by atoms with van der Waals surface area (Å²) in [4.78, 5) is 11.6. The molecule has 19 heavy (non-hydrogen) atoms. The predicted octanol–water partition coefficient (Wildman–Crippen LogP) is 3.05. The average Bonchev–Trinajstić information content (AvgIpc) is 2.85. The van der Waals surface area contributed by atoms with Gasteiger partial charge in [-0.15, -0.1) is 0 Å². The molecule has 0 aromatic carbocycles. The van der Waals surface area contributed by atoms with Crippen LogP contribution in [0.1, 0.15) is 10.6 Å². The number of carbonyl (C=O) groups excluding carboxylic acids is 1. The summed E-state index contributed by atoms with van der Waals surface area (Å²) < 4.78 is 42.4. The molecule has 5 nitrogen and oxygen atoms in total. The molecule has 102 valence electrons. The lowest BCUT2D eigenvalue weighted by molar-refractivity contribution is -0.142. The van der Waals surface area contributed by atoms with Crippen molar-refractivity contribution in [2.45, 2.75) is 12.7 Å². The van der Waals surface area contributed by atoms with Gasteiger partial charge in [0.25, 0.3) is 5.91 Å². The molecule has 2 rings (SSSR count). The Hall–Kier alpha value is -1.77. The minimum atomic E-state index is -4.36. The second kappa shape index (κ2) is 5.08. The molecule has 0 fully saturated rings. The number of hydrogen-bond acceptors (Lipinski definition) is 3. The van der Waals surface area contributed by atoms with Crippen LogP contribution in [-0.2, 0) is 6.54 Å². The van der Waals surface area contributed by atoms with Gasteiger partial charge in [0, 0.05) is 6.20 Å². The first kappa shape index (κ1) is 13.7. The molecule has 2 aromatic heterocycles. The molecule has 9 heteroatoms. The molecule has 0 atom stereocenters. The molecule has 1 amide bonds. The zero-order chi connectivity index (χ0) is 14.0. The monoisotopic (exact) mass is 337 g/mol. The van der Waals surface area contributed by atoms with E-state index < -0.39 is 18.6 Å². The summed E-state index contributed by atoms with van der Waals surface area (Å²) >= 11 is 3.03. The number of nitrogens with zero attached hydrogens (tertiary/aromatic N) is 2. The van der Waals surface area contributed by atoms with E-state index in [2.05, 4.69) is 26.3 Å². The molecule has 0 aliphatic rings. The second-order valence-electron chi connectivity index (χ2n) is 3.60. The van der Waals surface area contributed by atoms with E-state index in [1.54, 1.807) is 0 Å². The van der Waals surface area contributed by atoms with E-state index in [-0.39, 0.29) is 11.4 Å². The zero-order valence-electron chi connectivity index (χ0n) is 9.24. The molecule has 0 spiro atoms. The van der Waals surface area contributed by atoms with E-state index in [0.29, 0.717) is 9.35 Å². The van der Waals surface area contributed by atoms with Gasteiger partial charge in [-0.25, -0.2) is 0 Å². The lowest BCUT2D eigenvalue weighted by atomic mass is 10.4. The highest BCUT2D eigenvalue weighted by Gasteiger charge is 2.28. The molecule has 0 aliphatic heterocycles. The number of halogens is 4. The minimum Gasteiger partial charge on any atom is -0.444 e. The Morgan fingerprint density at radius 2 is 2.21 bits per heavy atom. The first-order valence-electron chi connectivity index (χ1n) is 4.99. The van der Waals surface area contributed by atoms with Gasteiger partial charge in [0.2, 0.25) is 0 Å². The van der Waals surface area contributed by atoms with Crippen LogP contribution >= 0.6 is 15.9 Å². The number of carbonyl (C=O) groups is 1. The average molecular weight is 338 g/mol. The molecular weight excluding hydrogens is 331 g/mol. The van der Waals surface area contributed by atoms with Gasteiger partial charge in [0.1, 0.15) is 6.54 Å². The van der Waals surface area contributed by atoms with E-state index in [9.17, 15) is 18.0 Å². The summed E-state index contributed by atoms with van der Waals surface area (Å²) in [6.07, 6.45) is -2.15. The molecule has 2 heterocycles. The Morgan fingerprint density at radius 1 is 1.47 bits per heavy atom. The van der Waals surface area contributed by atoms with E-state index in [1.807, 2.05) is 0 Å². The van der Waals surface area contributed by atoms with Crippen molar-refractivity contribution in [3.05, 3.63) is 35.0 Å². The van der Waals surface area contributed by atoms with Crippen molar-refractivity contribution in [3.63, 3.8) is 0 Å². The van der Waals surface area contributed by atoms with Crippen LogP contribution in [0.25, 0.3) is 0 Å². The summed E-state index contributed by atoms with van der Waals surface area (Å²) in [5, 5.41) is 5.87. The summed E-state index contributed by atoms with van der Waals surface area (Å²) in [5.74, 6) is -0.535. The Labute approximate surface area is 113 Å². The van der Waals surface area contributed by atoms with Crippen LogP contribution in [0.5, 0.6) is 0 Å². The summed E-state index contributed by atoms with van der Waals surface area (Å²) in [5.41, 5.74) is 0.154. The molecule has 0 saturated heterocycles. The molecule has 0 aliphatic carbocycles. The highest BCUT2D eigenvalue weighted by Crippen LogP contribution is 2.19. The lowest BCUT2D eigenvalue weighted by Gasteiger charge is -2.05. The largest absolute Gasteiger partial charge is 0.444 e. The molecule has 0 unspecified atom stereocenters. The van der Waals surface area contributed by atoms with Gasteiger partial charge in [-0.3, -0.25) is 9.48 Å². The van der Waals surface area contributed by atoms with Gasteiger partial charge in [0.05, 0.1) is 11.9 Å². The van der Waals surface area contributed by atoms with Crippen molar-refractivity contribution >= 4 is 27.5 Å². The quantitative estimate of drug-likeness (QED) is 0.936. The van der Waals surface area contributed by atoms with Gasteiger partial charge in [-0.05, 0) is 28.1 Å². The Kier molecular flexibility index (Phi) is 3.65. The molecule has 2 aromatic rings. The van der Waals surface area contributed by atoms with Crippen molar-refractivity contribution in [1.29, 1.82) is 0 Å². The van der Waals surface area contributed by atoms with Crippen molar-refractivity contribution in [1.82, 2.24) is 9.78 Å². The number of nitrogens with one attached hydrogen (secondary N) is 1. The number of hydrogen-bond donors (Lipinski definition) is 1. The maximum atomic E-state index is 12.1. The van der Waals surface area contributed by atoms with E-state index in [0.717, 1.165) is 12.4 Å². The van der Waals surface area contributed by atoms with E-state index in [4.69, 9.17) is 4.42 Å². The summed E-state index contributed by atoms with van der Waals surface area (Å²) in [6.45, 7) is -1.21. The van der Waals surface area contributed by atoms with Crippen LogP contribution in [0.15, 0.2) is 33.6 Å². The highest BCUT2D eigenvalue weighted by molar-refractivity contribution is 9.10. The number of rotatable bonds is 3. The third-order valence-electron chi connectivity index (χ3n) is 2.03. The van der Waals surface area contributed by atoms with Gasteiger partial charge in [-0.1, -0.05) is 0 Å². The minimum absolute atomic E-state index is 0.0375. The maximum Gasteiger partial charge on any atom is 0.408 e. The van der Waals surface area contributed by atoms with Crippen molar-refractivity contribution in [3.8, 4) is 0 Å². The summed E-state index contributed by atoms with van der Waals surface area (Å²) in [6, 6.07) is 2.96. The number of alkyl halides is 3. The van der Waals surface area contributed by atoms with Crippen LogP contribution in [0, 0.1) is 0 Å². The number of anilines is 1. The molecular formula is C10H7BrF3N3O2. The fraction of sp³-hybridized carbons (Fsp3) is 0.200.